The Morgan fingerprint density at radius 3 is 2.60 bits per heavy atom. The lowest BCUT2D eigenvalue weighted by molar-refractivity contribution is -0.146. The average Bonchev–Trinajstić information content (AvgIpc) is 2.36. The molecule has 0 heterocycles. The monoisotopic (exact) mass is 303 g/mol. The van der Waals surface area contributed by atoms with Crippen LogP contribution < -0.4 is 9.46 Å². The molecule has 7 nitrogen and oxygen atoms in total. The summed E-state index contributed by atoms with van der Waals surface area (Å²) in [5, 5.41) is 17.6. The molecule has 0 radical (unpaired) electrons. The van der Waals surface area contributed by atoms with Crippen LogP contribution in [0.5, 0.6) is 5.75 Å². The lowest BCUT2D eigenvalue weighted by Crippen LogP contribution is -2.36. The van der Waals surface area contributed by atoms with Gasteiger partial charge in [-0.25, -0.2) is 17.9 Å². The number of ether oxygens (including phenoxy) is 1. The summed E-state index contributed by atoms with van der Waals surface area (Å²) >= 11 is 0. The summed E-state index contributed by atoms with van der Waals surface area (Å²) in [5.41, 5.74) is 0.466. The lowest BCUT2D eigenvalue weighted by atomic mass is 10.2. The Labute approximate surface area is 117 Å². The van der Waals surface area contributed by atoms with E-state index >= 15 is 0 Å². The first-order chi connectivity index (χ1) is 9.27. The number of rotatable bonds is 7. The number of aryl methyl sites for hydroxylation is 1. The number of benzene rings is 1. The van der Waals surface area contributed by atoms with Gasteiger partial charge in [0.1, 0.15) is 5.75 Å². The zero-order valence-electron chi connectivity index (χ0n) is 11.2. The van der Waals surface area contributed by atoms with Crippen molar-refractivity contribution in [3.63, 3.8) is 0 Å². The van der Waals surface area contributed by atoms with Crippen molar-refractivity contribution in [2.45, 2.75) is 24.8 Å². The highest BCUT2D eigenvalue weighted by Crippen LogP contribution is 2.21. The van der Waals surface area contributed by atoms with Crippen LogP contribution in [-0.4, -0.2) is 43.9 Å². The second-order valence-corrected chi connectivity index (χ2v) is 5.80. The van der Waals surface area contributed by atoms with Gasteiger partial charge in [-0.3, -0.25) is 0 Å². The van der Waals surface area contributed by atoms with E-state index in [1.165, 1.54) is 12.1 Å². The molecule has 0 spiro atoms. The molecule has 1 aromatic carbocycles. The number of aliphatic hydroxyl groups is 1. The second-order valence-electron chi connectivity index (χ2n) is 4.07. The summed E-state index contributed by atoms with van der Waals surface area (Å²) in [6.07, 6.45) is -1.78. The molecule has 0 fully saturated rings. The summed E-state index contributed by atoms with van der Waals surface area (Å²) in [5.74, 6) is -0.939. The Morgan fingerprint density at radius 2 is 2.10 bits per heavy atom. The van der Waals surface area contributed by atoms with Gasteiger partial charge < -0.3 is 14.9 Å². The van der Waals surface area contributed by atoms with Gasteiger partial charge in [-0.05, 0) is 37.6 Å². The summed E-state index contributed by atoms with van der Waals surface area (Å²) in [6, 6.07) is 4.46. The molecule has 0 amide bonds. The van der Waals surface area contributed by atoms with E-state index in [9.17, 15) is 13.2 Å². The van der Waals surface area contributed by atoms with Crippen LogP contribution in [0.3, 0.4) is 0 Å². The van der Waals surface area contributed by atoms with Crippen LogP contribution in [-0.2, 0) is 14.8 Å². The van der Waals surface area contributed by atoms with Crippen LogP contribution in [0.1, 0.15) is 12.5 Å². The first-order valence-electron chi connectivity index (χ1n) is 5.92. The van der Waals surface area contributed by atoms with E-state index in [2.05, 4.69) is 0 Å². The van der Waals surface area contributed by atoms with Crippen molar-refractivity contribution in [1.82, 2.24) is 4.72 Å². The van der Waals surface area contributed by atoms with Crippen molar-refractivity contribution < 1.29 is 28.2 Å². The van der Waals surface area contributed by atoms with E-state index < -0.39 is 28.6 Å². The van der Waals surface area contributed by atoms with Crippen molar-refractivity contribution >= 4 is 16.0 Å². The smallest absolute Gasteiger partial charge is 0.333 e. The Bertz CT molecular complexity index is 584. The Balaban J connectivity index is 2.90. The van der Waals surface area contributed by atoms with Crippen LogP contribution in [0.2, 0.25) is 0 Å². The zero-order valence-corrected chi connectivity index (χ0v) is 12.0. The van der Waals surface area contributed by atoms with Crippen molar-refractivity contribution in [3.05, 3.63) is 23.8 Å². The van der Waals surface area contributed by atoms with Gasteiger partial charge in [0.05, 0.1) is 11.5 Å². The molecule has 0 aliphatic rings. The molecule has 0 saturated carbocycles. The minimum Gasteiger partial charge on any atom is -0.494 e. The summed E-state index contributed by atoms with van der Waals surface area (Å²) in [6.45, 7) is 3.29. The first-order valence-corrected chi connectivity index (χ1v) is 7.40. The van der Waals surface area contributed by atoms with Gasteiger partial charge in [0, 0.05) is 6.54 Å². The van der Waals surface area contributed by atoms with E-state index in [1.54, 1.807) is 13.0 Å². The van der Waals surface area contributed by atoms with Gasteiger partial charge in [-0.2, -0.15) is 0 Å². The highest BCUT2D eigenvalue weighted by Gasteiger charge is 2.21. The topological polar surface area (TPSA) is 113 Å². The van der Waals surface area contributed by atoms with Crippen molar-refractivity contribution in [2.24, 2.45) is 0 Å². The predicted molar refractivity (Wildman–Crippen MR) is 71.2 cm³/mol. The predicted octanol–water partition coefficient (Wildman–Crippen LogP) is 0.118. The fraction of sp³-hybridized carbons (Fsp3) is 0.417. The number of sulfonamides is 1. The molecule has 3 N–H and O–H groups in total. The molecule has 20 heavy (non-hydrogen) atoms. The SMILES string of the molecule is CCOc1ccc(S(=O)(=O)NCC(O)C(=O)O)c(C)c1. The summed E-state index contributed by atoms with van der Waals surface area (Å²) in [4.78, 5) is 10.4. The molecule has 8 heteroatoms. The molecule has 1 atom stereocenters. The van der Waals surface area contributed by atoms with Crippen LogP contribution in [0.15, 0.2) is 23.1 Å². The molecular formula is C12H17NO6S. The van der Waals surface area contributed by atoms with E-state index in [4.69, 9.17) is 14.9 Å². The fourth-order valence-corrected chi connectivity index (χ4v) is 2.80. The number of aliphatic carboxylic acids is 1. The minimum atomic E-state index is -3.88. The zero-order chi connectivity index (χ0) is 15.3. The van der Waals surface area contributed by atoms with Gasteiger partial charge in [-0.1, -0.05) is 0 Å². The van der Waals surface area contributed by atoms with Gasteiger partial charge in [0.15, 0.2) is 6.10 Å². The third-order valence-corrected chi connectivity index (χ3v) is 4.08. The molecule has 0 aromatic heterocycles. The maximum Gasteiger partial charge on any atom is 0.333 e. The van der Waals surface area contributed by atoms with E-state index in [1.807, 2.05) is 11.6 Å². The van der Waals surface area contributed by atoms with Crippen LogP contribution >= 0.6 is 0 Å². The van der Waals surface area contributed by atoms with Crippen molar-refractivity contribution in [1.29, 1.82) is 0 Å². The molecule has 1 rings (SSSR count). The van der Waals surface area contributed by atoms with E-state index in [-0.39, 0.29) is 4.90 Å². The lowest BCUT2D eigenvalue weighted by Gasteiger charge is -2.12. The molecule has 1 aromatic rings. The van der Waals surface area contributed by atoms with Crippen LogP contribution in [0, 0.1) is 6.92 Å². The van der Waals surface area contributed by atoms with Crippen LogP contribution in [0.4, 0.5) is 0 Å². The number of carbonyl (C=O) groups is 1. The third kappa shape index (κ3) is 4.19. The van der Waals surface area contributed by atoms with E-state index in [0.717, 1.165) is 0 Å². The number of aliphatic hydroxyl groups excluding tert-OH is 1. The molecule has 112 valence electrons. The van der Waals surface area contributed by atoms with Crippen LogP contribution in [0.25, 0.3) is 0 Å². The largest absolute Gasteiger partial charge is 0.494 e. The molecular weight excluding hydrogens is 286 g/mol. The second kappa shape index (κ2) is 6.69. The number of hydrogen-bond donors (Lipinski definition) is 3. The maximum absolute atomic E-state index is 12.0. The Kier molecular flexibility index (Phi) is 5.49. The van der Waals surface area contributed by atoms with Gasteiger partial charge >= 0.3 is 5.97 Å². The standard InChI is InChI=1S/C12H17NO6S/c1-3-19-9-4-5-11(8(2)6-9)20(17,18)13-7-10(14)12(15)16/h4-6,10,13-14H,3,7H2,1-2H3,(H,15,16). The number of carboxylic acids is 1. The minimum absolute atomic E-state index is 0.0125. The van der Waals surface area contributed by atoms with Gasteiger partial charge in [0.2, 0.25) is 10.0 Å². The fourth-order valence-electron chi connectivity index (χ4n) is 1.53. The number of carboxylic acid groups (broad SMARTS) is 1. The normalized spacial score (nSPS) is 12.9. The quantitative estimate of drug-likeness (QED) is 0.659. The first kappa shape index (κ1) is 16.4. The molecule has 0 aliphatic heterocycles. The molecule has 0 aliphatic carbocycles. The number of hydrogen-bond acceptors (Lipinski definition) is 5. The maximum atomic E-state index is 12.0. The average molecular weight is 303 g/mol. The Morgan fingerprint density at radius 1 is 1.45 bits per heavy atom. The highest BCUT2D eigenvalue weighted by molar-refractivity contribution is 7.89. The summed E-state index contributed by atoms with van der Waals surface area (Å²) in [7, 11) is -3.88. The van der Waals surface area contributed by atoms with Crippen molar-refractivity contribution in [2.75, 3.05) is 13.2 Å². The number of nitrogens with one attached hydrogen (secondary N) is 1. The van der Waals surface area contributed by atoms with Gasteiger partial charge in [0.25, 0.3) is 0 Å². The van der Waals surface area contributed by atoms with Crippen molar-refractivity contribution in [3.8, 4) is 5.75 Å². The molecule has 0 saturated heterocycles. The molecule has 1 unspecified atom stereocenters. The van der Waals surface area contributed by atoms with Gasteiger partial charge in [-0.15, -0.1) is 0 Å². The third-order valence-electron chi connectivity index (χ3n) is 2.50. The highest BCUT2D eigenvalue weighted by atomic mass is 32.2. The summed E-state index contributed by atoms with van der Waals surface area (Å²) < 4.78 is 31.3. The van der Waals surface area contributed by atoms with E-state index in [0.29, 0.717) is 17.9 Å². The Hall–Kier alpha value is -1.64. The molecule has 0 bridgehead atoms.